The minimum Gasteiger partial charge on any atom is -0.394 e. The van der Waals surface area contributed by atoms with Crippen molar-refractivity contribution in [2.75, 3.05) is 6.61 Å². The summed E-state index contributed by atoms with van der Waals surface area (Å²) in [6, 6.07) is -1.05. The lowest BCUT2D eigenvalue weighted by atomic mass is 10.1. The number of aromatic amines is 1. The number of hydrogen-bond donors (Lipinski definition) is 3. The summed E-state index contributed by atoms with van der Waals surface area (Å²) >= 11 is 0. The third-order valence-electron chi connectivity index (χ3n) is 2.68. The number of azide groups is 1. The molecule has 1 aromatic heterocycles. The number of rotatable bonds is 3. The van der Waals surface area contributed by atoms with Gasteiger partial charge in [-0.05, 0) is 5.53 Å². The Hall–Kier alpha value is -2.20. The quantitative estimate of drug-likeness (QED) is 0.322. The maximum Gasteiger partial charge on any atom is 0.347 e. The zero-order valence-corrected chi connectivity index (χ0v) is 9.45. The van der Waals surface area contributed by atoms with Crippen LogP contribution in [0.15, 0.2) is 20.9 Å². The van der Waals surface area contributed by atoms with E-state index < -0.39 is 42.3 Å². The molecule has 0 amide bonds. The zero-order valence-electron chi connectivity index (χ0n) is 9.45. The third-order valence-corrected chi connectivity index (χ3v) is 2.68. The molecule has 1 fully saturated rings. The number of ether oxygens (including phenoxy) is 1. The van der Waals surface area contributed by atoms with Crippen LogP contribution in [0.25, 0.3) is 10.4 Å². The molecule has 0 aliphatic carbocycles. The predicted molar refractivity (Wildman–Crippen MR) is 59.1 cm³/mol. The highest BCUT2D eigenvalue weighted by molar-refractivity contribution is 4.94. The molecule has 11 nitrogen and oxygen atoms in total. The molecule has 11 heteroatoms. The topological polar surface area (TPSA) is 166 Å². The van der Waals surface area contributed by atoms with Gasteiger partial charge in [-0.2, -0.15) is 9.78 Å². The molecule has 102 valence electrons. The molecule has 3 N–H and O–H groups in total. The van der Waals surface area contributed by atoms with Crippen LogP contribution in [0.3, 0.4) is 0 Å². The van der Waals surface area contributed by atoms with E-state index in [2.05, 4.69) is 15.1 Å². The van der Waals surface area contributed by atoms with Crippen molar-refractivity contribution in [3.63, 3.8) is 0 Å². The number of aliphatic hydroxyl groups is 2. The Labute approximate surface area is 104 Å². The molecule has 19 heavy (non-hydrogen) atoms. The van der Waals surface area contributed by atoms with E-state index in [0.29, 0.717) is 4.68 Å². The molecular weight excluding hydrogens is 260 g/mol. The van der Waals surface area contributed by atoms with Gasteiger partial charge in [0, 0.05) is 4.91 Å². The Balaban J connectivity index is 2.38. The molecule has 0 spiro atoms. The van der Waals surface area contributed by atoms with Crippen molar-refractivity contribution < 1.29 is 14.9 Å². The van der Waals surface area contributed by atoms with Crippen LogP contribution < -0.4 is 11.2 Å². The second-order valence-electron chi connectivity index (χ2n) is 3.82. The van der Waals surface area contributed by atoms with Gasteiger partial charge in [0.15, 0.2) is 6.23 Å². The average Bonchev–Trinajstić information content (AvgIpc) is 2.68. The van der Waals surface area contributed by atoms with E-state index in [4.69, 9.17) is 15.4 Å². The molecule has 0 radical (unpaired) electrons. The fraction of sp³-hybridized carbons (Fsp3) is 0.625. The van der Waals surface area contributed by atoms with E-state index in [1.54, 1.807) is 0 Å². The van der Waals surface area contributed by atoms with Gasteiger partial charge in [0.05, 0.1) is 18.8 Å². The molecule has 1 aromatic rings. The number of nitrogens with one attached hydrogen (secondary N) is 1. The van der Waals surface area contributed by atoms with Crippen LogP contribution in [0.4, 0.5) is 0 Å². The maximum atomic E-state index is 11.5. The van der Waals surface area contributed by atoms with Crippen LogP contribution >= 0.6 is 0 Å². The van der Waals surface area contributed by atoms with Gasteiger partial charge in [-0.3, -0.25) is 9.78 Å². The molecule has 1 saturated heterocycles. The number of hydrogen-bond acceptors (Lipinski definition) is 7. The first kappa shape index (κ1) is 13.2. The minimum absolute atomic E-state index is 0.505. The summed E-state index contributed by atoms with van der Waals surface area (Å²) in [6.07, 6.45) is -2.75. The van der Waals surface area contributed by atoms with Crippen molar-refractivity contribution in [2.24, 2.45) is 5.11 Å². The predicted octanol–water partition coefficient (Wildman–Crippen LogP) is -2.14. The van der Waals surface area contributed by atoms with Gasteiger partial charge in [0.2, 0.25) is 0 Å². The molecule has 0 saturated carbocycles. The molecule has 2 heterocycles. The molecular formula is C8H10N6O5. The highest BCUT2D eigenvalue weighted by Crippen LogP contribution is 2.29. The summed E-state index contributed by atoms with van der Waals surface area (Å²) in [5.41, 5.74) is 6.81. The van der Waals surface area contributed by atoms with Crippen molar-refractivity contribution >= 4 is 0 Å². The highest BCUT2D eigenvalue weighted by atomic mass is 16.5. The number of aliphatic hydroxyl groups excluding tert-OH is 2. The summed E-state index contributed by atoms with van der Waals surface area (Å²) in [6.45, 7) is -0.505. The largest absolute Gasteiger partial charge is 0.394 e. The van der Waals surface area contributed by atoms with Gasteiger partial charge in [-0.25, -0.2) is 4.79 Å². The lowest BCUT2D eigenvalue weighted by molar-refractivity contribution is -0.0605. The van der Waals surface area contributed by atoms with Crippen LogP contribution in [0.5, 0.6) is 0 Å². The van der Waals surface area contributed by atoms with Crippen LogP contribution in [0, 0.1) is 0 Å². The average molecular weight is 270 g/mol. The standard InChI is InChI=1S/C8H10N6O5/c9-13-12-5-3(2-15)19-7(6(5)17)14-8(18)11-4(16)1-10-14/h1,3,5-7,15,17H,2H2,(H,11,16,18)/t3-,5?,6+,7-/m1/s1. The Morgan fingerprint density at radius 3 is 2.95 bits per heavy atom. The molecule has 1 aliphatic heterocycles. The van der Waals surface area contributed by atoms with Crippen LogP contribution in [-0.2, 0) is 4.74 Å². The van der Waals surface area contributed by atoms with Crippen molar-refractivity contribution in [1.29, 1.82) is 0 Å². The fourth-order valence-corrected chi connectivity index (χ4v) is 1.83. The second kappa shape index (κ2) is 5.20. The normalized spacial score (nSPS) is 30.0. The molecule has 1 unspecified atom stereocenters. The van der Waals surface area contributed by atoms with Crippen molar-refractivity contribution in [1.82, 2.24) is 14.8 Å². The minimum atomic E-state index is -1.37. The van der Waals surface area contributed by atoms with Crippen LogP contribution in [-0.4, -0.2) is 49.8 Å². The molecule has 2 rings (SSSR count). The Morgan fingerprint density at radius 1 is 1.63 bits per heavy atom. The van der Waals surface area contributed by atoms with E-state index in [1.807, 2.05) is 4.98 Å². The second-order valence-corrected chi connectivity index (χ2v) is 3.82. The van der Waals surface area contributed by atoms with E-state index >= 15 is 0 Å². The lowest BCUT2D eigenvalue weighted by Crippen LogP contribution is -2.39. The summed E-state index contributed by atoms with van der Waals surface area (Å²) < 4.78 is 5.92. The van der Waals surface area contributed by atoms with E-state index in [1.165, 1.54) is 0 Å². The van der Waals surface area contributed by atoms with E-state index in [9.17, 15) is 14.7 Å². The Morgan fingerprint density at radius 2 is 2.37 bits per heavy atom. The third kappa shape index (κ3) is 2.35. The van der Waals surface area contributed by atoms with Gasteiger partial charge >= 0.3 is 5.69 Å². The summed E-state index contributed by atoms with van der Waals surface area (Å²) in [4.78, 5) is 26.9. The molecule has 0 aromatic carbocycles. The SMILES string of the molecule is [N-]=[N+]=NC1[C@@H](CO)O[C@@H](n2ncc(=O)[nH]c2=O)[C@H]1O. The van der Waals surface area contributed by atoms with Gasteiger partial charge in [0.25, 0.3) is 5.56 Å². The van der Waals surface area contributed by atoms with Crippen molar-refractivity contribution in [3.05, 3.63) is 37.5 Å². The van der Waals surface area contributed by atoms with Crippen LogP contribution in [0.2, 0.25) is 0 Å². The van der Waals surface area contributed by atoms with E-state index in [-0.39, 0.29) is 0 Å². The summed E-state index contributed by atoms with van der Waals surface area (Å²) in [5.74, 6) is 0. The smallest absolute Gasteiger partial charge is 0.347 e. The maximum absolute atomic E-state index is 11.5. The highest BCUT2D eigenvalue weighted by Gasteiger charge is 2.44. The number of H-pyrrole nitrogens is 1. The molecule has 1 aliphatic rings. The first-order valence-corrected chi connectivity index (χ1v) is 5.25. The number of nitrogens with zero attached hydrogens (tertiary/aromatic N) is 5. The Bertz CT molecular complexity index is 619. The summed E-state index contributed by atoms with van der Waals surface area (Å²) in [7, 11) is 0. The fourth-order valence-electron chi connectivity index (χ4n) is 1.83. The van der Waals surface area contributed by atoms with E-state index in [0.717, 1.165) is 6.20 Å². The molecule has 4 atom stereocenters. The molecule has 0 bridgehead atoms. The first-order chi connectivity index (χ1) is 9.08. The lowest BCUT2D eigenvalue weighted by Gasteiger charge is -2.15. The van der Waals surface area contributed by atoms with Gasteiger partial charge < -0.3 is 14.9 Å². The van der Waals surface area contributed by atoms with Crippen molar-refractivity contribution in [3.8, 4) is 0 Å². The zero-order chi connectivity index (χ0) is 14.0. The summed E-state index contributed by atoms with van der Waals surface area (Å²) in [5, 5.41) is 25.9. The van der Waals surface area contributed by atoms with Gasteiger partial charge in [0.1, 0.15) is 12.3 Å². The van der Waals surface area contributed by atoms with Gasteiger partial charge in [-0.15, -0.1) is 0 Å². The first-order valence-electron chi connectivity index (χ1n) is 5.25. The van der Waals surface area contributed by atoms with Gasteiger partial charge in [-0.1, -0.05) is 5.11 Å². The monoisotopic (exact) mass is 270 g/mol. The van der Waals surface area contributed by atoms with Crippen LogP contribution in [0.1, 0.15) is 6.23 Å². The van der Waals surface area contributed by atoms with Crippen molar-refractivity contribution in [2.45, 2.75) is 24.5 Å². The number of aromatic nitrogens is 3. The Kier molecular flexibility index (Phi) is 3.62.